The molecule has 0 radical (unpaired) electrons. The summed E-state index contributed by atoms with van der Waals surface area (Å²) < 4.78 is 0. The zero-order valence-electron chi connectivity index (χ0n) is 10.4. The summed E-state index contributed by atoms with van der Waals surface area (Å²) in [5.74, 6) is 0.683. The van der Waals surface area contributed by atoms with Crippen LogP contribution in [0.5, 0.6) is 0 Å². The molecule has 0 aromatic heterocycles. The minimum absolute atomic E-state index is 0.0144. The zero-order valence-corrected chi connectivity index (χ0v) is 11.2. The standard InChI is InChI=1S/C15H15NO2S/c17-14-12-8-5-6-9(7-8)13(12)15(18)16(14)10-3-1-2-4-11(10)19/h1-4,8-9,12-13,19H,5-7H2/p-1/t8-,9+,12+,13-. The molecule has 4 rings (SSSR count). The minimum atomic E-state index is -0.0687. The molecule has 4 atom stereocenters. The van der Waals surface area contributed by atoms with Gasteiger partial charge in [0.1, 0.15) is 0 Å². The maximum Gasteiger partial charge on any atom is 0.237 e. The molecular formula is C15H14NO2S-. The Hall–Kier alpha value is -1.42. The van der Waals surface area contributed by atoms with E-state index in [9.17, 15) is 9.59 Å². The van der Waals surface area contributed by atoms with Gasteiger partial charge in [-0.25, -0.2) is 0 Å². The van der Waals surface area contributed by atoms with E-state index >= 15 is 0 Å². The average Bonchev–Trinajstić information content (AvgIpc) is 3.06. The van der Waals surface area contributed by atoms with Gasteiger partial charge in [0, 0.05) is 5.69 Å². The van der Waals surface area contributed by atoms with Gasteiger partial charge in [-0.1, -0.05) is 18.2 Å². The maximum atomic E-state index is 12.6. The number of para-hydroxylation sites is 1. The molecule has 2 bridgehead atoms. The first-order chi connectivity index (χ1) is 9.18. The van der Waals surface area contributed by atoms with Crippen molar-refractivity contribution in [3.8, 4) is 0 Å². The highest BCUT2D eigenvalue weighted by Gasteiger charge is 2.61. The number of anilines is 1. The van der Waals surface area contributed by atoms with E-state index in [0.29, 0.717) is 22.4 Å². The van der Waals surface area contributed by atoms with Crippen LogP contribution in [0.3, 0.4) is 0 Å². The Morgan fingerprint density at radius 2 is 1.58 bits per heavy atom. The summed E-state index contributed by atoms with van der Waals surface area (Å²) in [4.78, 5) is 27.1. The van der Waals surface area contributed by atoms with Crippen LogP contribution in [0, 0.1) is 23.7 Å². The minimum Gasteiger partial charge on any atom is -0.778 e. The lowest BCUT2D eigenvalue weighted by molar-refractivity contribution is -0.123. The Morgan fingerprint density at radius 3 is 2.16 bits per heavy atom. The lowest BCUT2D eigenvalue weighted by Crippen LogP contribution is -2.33. The number of carbonyl (C=O) groups excluding carboxylic acids is 2. The number of carbonyl (C=O) groups is 2. The van der Waals surface area contributed by atoms with Gasteiger partial charge in [-0.2, -0.15) is 4.90 Å². The predicted molar refractivity (Wildman–Crippen MR) is 72.4 cm³/mol. The van der Waals surface area contributed by atoms with E-state index in [-0.39, 0.29) is 23.7 Å². The topological polar surface area (TPSA) is 37.4 Å². The highest BCUT2D eigenvalue weighted by atomic mass is 32.1. The third-order valence-electron chi connectivity index (χ3n) is 5.03. The van der Waals surface area contributed by atoms with E-state index in [1.54, 1.807) is 12.1 Å². The summed E-state index contributed by atoms with van der Waals surface area (Å²) in [6.45, 7) is 0. The van der Waals surface area contributed by atoms with Crippen LogP contribution >= 0.6 is 0 Å². The quantitative estimate of drug-likeness (QED) is 0.580. The summed E-state index contributed by atoms with van der Waals surface area (Å²) in [6.07, 6.45) is 3.28. The summed E-state index contributed by atoms with van der Waals surface area (Å²) in [5, 5.41) is 0. The van der Waals surface area contributed by atoms with E-state index in [1.807, 2.05) is 12.1 Å². The Morgan fingerprint density at radius 1 is 1.00 bits per heavy atom. The Labute approximate surface area is 117 Å². The van der Waals surface area contributed by atoms with Crippen LogP contribution in [0.15, 0.2) is 29.2 Å². The first-order valence-electron chi connectivity index (χ1n) is 6.82. The van der Waals surface area contributed by atoms with Gasteiger partial charge < -0.3 is 12.6 Å². The fraction of sp³-hybridized carbons (Fsp3) is 0.467. The molecule has 1 heterocycles. The Kier molecular flexibility index (Phi) is 2.28. The van der Waals surface area contributed by atoms with E-state index in [4.69, 9.17) is 12.6 Å². The van der Waals surface area contributed by atoms with Crippen LogP contribution < -0.4 is 4.90 Å². The van der Waals surface area contributed by atoms with Gasteiger partial charge in [-0.15, -0.1) is 0 Å². The fourth-order valence-corrected chi connectivity index (χ4v) is 4.53. The van der Waals surface area contributed by atoms with E-state index in [2.05, 4.69) is 0 Å². The van der Waals surface area contributed by atoms with Crippen LogP contribution in [0.1, 0.15) is 19.3 Å². The van der Waals surface area contributed by atoms with Crippen LogP contribution in [-0.4, -0.2) is 11.8 Å². The van der Waals surface area contributed by atoms with Crippen LogP contribution in [0.2, 0.25) is 0 Å². The number of imide groups is 1. The molecule has 0 N–H and O–H groups in total. The molecule has 1 aliphatic heterocycles. The van der Waals surface area contributed by atoms with Crippen molar-refractivity contribution in [2.45, 2.75) is 24.2 Å². The normalized spacial score (nSPS) is 36.1. The van der Waals surface area contributed by atoms with Crippen molar-refractivity contribution in [2.24, 2.45) is 23.7 Å². The molecule has 4 heteroatoms. The number of fused-ring (bicyclic) bond motifs is 5. The molecule has 3 fully saturated rings. The molecule has 19 heavy (non-hydrogen) atoms. The summed E-state index contributed by atoms with van der Waals surface area (Å²) in [6, 6.07) is 7.21. The fourth-order valence-electron chi connectivity index (χ4n) is 4.29. The molecule has 0 spiro atoms. The average molecular weight is 272 g/mol. The van der Waals surface area contributed by atoms with Gasteiger partial charge in [0.2, 0.25) is 11.8 Å². The van der Waals surface area contributed by atoms with Crippen molar-refractivity contribution in [1.29, 1.82) is 0 Å². The van der Waals surface area contributed by atoms with Crippen molar-refractivity contribution >= 4 is 30.1 Å². The van der Waals surface area contributed by atoms with E-state index in [1.165, 1.54) is 4.90 Å². The van der Waals surface area contributed by atoms with E-state index < -0.39 is 0 Å². The van der Waals surface area contributed by atoms with Crippen molar-refractivity contribution < 1.29 is 9.59 Å². The lowest BCUT2D eigenvalue weighted by Gasteiger charge is -2.23. The second kappa shape index (κ2) is 3.79. The number of hydrogen-bond acceptors (Lipinski definition) is 3. The molecule has 1 aromatic rings. The second-order valence-electron chi connectivity index (χ2n) is 5.86. The predicted octanol–water partition coefficient (Wildman–Crippen LogP) is 2.13. The zero-order chi connectivity index (χ0) is 13.1. The first-order valence-corrected chi connectivity index (χ1v) is 7.23. The van der Waals surface area contributed by atoms with Gasteiger partial charge in [-0.05, 0) is 37.2 Å². The first kappa shape index (κ1) is 11.4. The highest BCUT2D eigenvalue weighted by molar-refractivity contribution is 7.59. The largest absolute Gasteiger partial charge is 0.778 e. The van der Waals surface area contributed by atoms with Crippen molar-refractivity contribution in [3.63, 3.8) is 0 Å². The SMILES string of the molecule is O=C1[C@@H]2[C@H]3CC[C@H](C3)[C@@H]2C(=O)N1c1ccccc1[S-]. The molecule has 3 aliphatic rings. The van der Waals surface area contributed by atoms with Crippen LogP contribution in [0.4, 0.5) is 5.69 Å². The molecule has 1 saturated heterocycles. The van der Waals surface area contributed by atoms with Crippen molar-refractivity contribution in [3.05, 3.63) is 24.3 Å². The molecular weight excluding hydrogens is 258 g/mol. The molecule has 1 aromatic carbocycles. The van der Waals surface area contributed by atoms with E-state index in [0.717, 1.165) is 19.3 Å². The number of amides is 2. The summed E-state index contributed by atoms with van der Waals surface area (Å²) in [7, 11) is 0. The van der Waals surface area contributed by atoms with Gasteiger partial charge in [-0.3, -0.25) is 14.5 Å². The Bertz CT molecular complexity index is 557. The third-order valence-corrected chi connectivity index (χ3v) is 5.38. The molecule has 2 aliphatic carbocycles. The van der Waals surface area contributed by atoms with Crippen molar-refractivity contribution in [2.75, 3.05) is 4.90 Å². The van der Waals surface area contributed by atoms with Gasteiger partial charge >= 0.3 is 0 Å². The van der Waals surface area contributed by atoms with Crippen molar-refractivity contribution in [1.82, 2.24) is 0 Å². The maximum absolute atomic E-state index is 12.6. The van der Waals surface area contributed by atoms with Gasteiger partial charge in [0.15, 0.2) is 0 Å². The number of hydrogen-bond donors (Lipinski definition) is 0. The monoisotopic (exact) mass is 272 g/mol. The summed E-state index contributed by atoms with van der Waals surface area (Å²) >= 11 is 5.25. The molecule has 2 saturated carbocycles. The Balaban J connectivity index is 1.78. The molecule has 98 valence electrons. The van der Waals surface area contributed by atoms with Gasteiger partial charge in [0.05, 0.1) is 11.8 Å². The highest BCUT2D eigenvalue weighted by Crippen LogP contribution is 2.56. The second-order valence-corrected chi connectivity index (χ2v) is 6.30. The van der Waals surface area contributed by atoms with Gasteiger partial charge in [0.25, 0.3) is 0 Å². The molecule has 3 nitrogen and oxygen atoms in total. The lowest BCUT2D eigenvalue weighted by atomic mass is 9.81. The summed E-state index contributed by atoms with van der Waals surface area (Å²) in [5.41, 5.74) is 0.598. The van der Waals surface area contributed by atoms with Crippen LogP contribution in [0.25, 0.3) is 0 Å². The number of benzene rings is 1. The molecule has 2 amide bonds. The third kappa shape index (κ3) is 1.38. The van der Waals surface area contributed by atoms with Crippen LogP contribution in [-0.2, 0) is 22.2 Å². The number of rotatable bonds is 1. The smallest absolute Gasteiger partial charge is 0.237 e. The molecule has 0 unspecified atom stereocenters. The number of nitrogens with zero attached hydrogens (tertiary/aromatic N) is 1.